The Morgan fingerprint density at radius 1 is 1.10 bits per heavy atom. The van der Waals surface area contributed by atoms with Gasteiger partial charge in [0.05, 0.1) is 29.6 Å². The van der Waals surface area contributed by atoms with Crippen LogP contribution >= 0.6 is 0 Å². The molecule has 1 aliphatic heterocycles. The monoisotopic (exact) mass is 396 g/mol. The number of benzene rings is 2. The third kappa shape index (κ3) is 2.79. The highest BCUT2D eigenvalue weighted by Crippen LogP contribution is 2.41. The van der Waals surface area contributed by atoms with E-state index in [1.807, 2.05) is 56.3 Å². The van der Waals surface area contributed by atoms with E-state index < -0.39 is 6.10 Å². The van der Waals surface area contributed by atoms with E-state index in [2.05, 4.69) is 18.2 Å². The van der Waals surface area contributed by atoms with Crippen molar-refractivity contribution in [2.75, 3.05) is 0 Å². The van der Waals surface area contributed by atoms with Crippen LogP contribution in [-0.4, -0.2) is 14.7 Å². The summed E-state index contributed by atoms with van der Waals surface area (Å²) in [5.41, 5.74) is 7.17. The molecule has 4 heteroatoms. The van der Waals surface area contributed by atoms with Crippen molar-refractivity contribution in [1.29, 1.82) is 0 Å². The molecule has 0 bridgehead atoms. The highest BCUT2D eigenvalue weighted by Gasteiger charge is 2.28. The number of aliphatic hydroxyl groups is 1. The number of fused-ring (bicyclic) bond motifs is 4. The van der Waals surface area contributed by atoms with Crippen molar-refractivity contribution in [2.45, 2.75) is 39.3 Å². The van der Waals surface area contributed by atoms with E-state index in [1.54, 1.807) is 4.57 Å². The quantitative estimate of drug-likeness (QED) is 0.452. The Labute approximate surface area is 175 Å². The van der Waals surface area contributed by atoms with Gasteiger partial charge in [-0.05, 0) is 42.2 Å². The van der Waals surface area contributed by atoms with Gasteiger partial charge in [-0.3, -0.25) is 4.79 Å². The average Bonchev–Trinajstić information content (AvgIpc) is 3.13. The number of aliphatic hydroxyl groups excluding tert-OH is 1. The fraction of sp³-hybridized carbons (Fsp3) is 0.231. The summed E-state index contributed by atoms with van der Waals surface area (Å²) < 4.78 is 1.81. The summed E-state index contributed by atoms with van der Waals surface area (Å²) >= 11 is 0. The first-order valence-electron chi connectivity index (χ1n) is 10.5. The van der Waals surface area contributed by atoms with Gasteiger partial charge in [-0.25, -0.2) is 4.98 Å². The predicted molar refractivity (Wildman–Crippen MR) is 121 cm³/mol. The molecule has 0 saturated heterocycles. The SMILES string of the molecule is CCCC(O)c1cc2n(c(=O)c1C)Cc1c-2nc2ccccc2c1-c1ccccc1. The Morgan fingerprint density at radius 3 is 2.60 bits per heavy atom. The minimum absolute atomic E-state index is 0.0429. The molecule has 2 aromatic heterocycles. The topological polar surface area (TPSA) is 55.1 Å². The lowest BCUT2D eigenvalue weighted by molar-refractivity contribution is 0.165. The third-order valence-corrected chi connectivity index (χ3v) is 6.12. The van der Waals surface area contributed by atoms with Crippen molar-refractivity contribution < 1.29 is 5.11 Å². The zero-order chi connectivity index (χ0) is 20.8. The molecule has 0 aliphatic carbocycles. The predicted octanol–water partition coefficient (Wildman–Crippen LogP) is 5.23. The van der Waals surface area contributed by atoms with Crippen LogP contribution in [0, 0.1) is 6.92 Å². The van der Waals surface area contributed by atoms with E-state index in [4.69, 9.17) is 4.98 Å². The van der Waals surface area contributed by atoms with Crippen LogP contribution in [0.2, 0.25) is 0 Å². The lowest BCUT2D eigenvalue weighted by Crippen LogP contribution is -2.24. The minimum Gasteiger partial charge on any atom is -0.388 e. The van der Waals surface area contributed by atoms with Crippen LogP contribution in [0.4, 0.5) is 0 Å². The fourth-order valence-electron chi connectivity index (χ4n) is 4.61. The normalized spacial score (nSPS) is 13.3. The molecule has 4 aromatic rings. The molecule has 0 spiro atoms. The van der Waals surface area contributed by atoms with Crippen molar-refractivity contribution >= 4 is 10.9 Å². The number of hydrogen-bond acceptors (Lipinski definition) is 3. The van der Waals surface area contributed by atoms with Crippen LogP contribution in [0.3, 0.4) is 0 Å². The minimum atomic E-state index is -0.633. The summed E-state index contributed by atoms with van der Waals surface area (Å²) in [5, 5.41) is 11.7. The van der Waals surface area contributed by atoms with Crippen LogP contribution < -0.4 is 5.56 Å². The van der Waals surface area contributed by atoms with Gasteiger partial charge in [-0.1, -0.05) is 61.9 Å². The Balaban J connectivity index is 1.82. The van der Waals surface area contributed by atoms with E-state index in [0.717, 1.165) is 51.0 Å². The molecule has 0 saturated carbocycles. The van der Waals surface area contributed by atoms with Crippen LogP contribution in [0.5, 0.6) is 0 Å². The van der Waals surface area contributed by atoms with E-state index in [1.165, 1.54) is 0 Å². The number of hydrogen-bond donors (Lipinski definition) is 1. The second-order valence-corrected chi connectivity index (χ2v) is 8.00. The largest absolute Gasteiger partial charge is 0.388 e. The lowest BCUT2D eigenvalue weighted by Gasteiger charge is -2.15. The summed E-state index contributed by atoms with van der Waals surface area (Å²) in [6, 6.07) is 20.4. The van der Waals surface area contributed by atoms with Gasteiger partial charge in [0.1, 0.15) is 0 Å². The smallest absolute Gasteiger partial charge is 0.254 e. The maximum atomic E-state index is 13.2. The van der Waals surface area contributed by atoms with Gasteiger partial charge in [-0.2, -0.15) is 0 Å². The van der Waals surface area contributed by atoms with Crippen LogP contribution in [0.25, 0.3) is 33.4 Å². The summed E-state index contributed by atoms with van der Waals surface area (Å²) in [5.74, 6) is 0. The Morgan fingerprint density at radius 2 is 1.83 bits per heavy atom. The van der Waals surface area contributed by atoms with Gasteiger partial charge in [0.2, 0.25) is 0 Å². The molecule has 1 aliphatic rings. The molecule has 0 amide bonds. The lowest BCUT2D eigenvalue weighted by atomic mass is 9.94. The maximum absolute atomic E-state index is 13.2. The van der Waals surface area contributed by atoms with Gasteiger partial charge in [0, 0.05) is 16.5 Å². The molecule has 0 fully saturated rings. The van der Waals surface area contributed by atoms with Crippen LogP contribution in [-0.2, 0) is 6.54 Å². The molecule has 2 aromatic carbocycles. The van der Waals surface area contributed by atoms with Gasteiger partial charge >= 0.3 is 0 Å². The van der Waals surface area contributed by atoms with Gasteiger partial charge < -0.3 is 9.67 Å². The zero-order valence-electron chi connectivity index (χ0n) is 17.2. The van der Waals surface area contributed by atoms with Crippen molar-refractivity contribution in [1.82, 2.24) is 9.55 Å². The zero-order valence-corrected chi connectivity index (χ0v) is 17.2. The molecule has 0 radical (unpaired) electrons. The standard InChI is InChI=1S/C26H24N2O2/c1-3-9-23(29)19-14-22-25-20(15-28(22)26(30)16(19)2)24(17-10-5-4-6-11-17)18-12-7-8-13-21(18)27-25/h4-8,10-14,23,29H,3,9,15H2,1-2H3. The molecule has 30 heavy (non-hydrogen) atoms. The summed E-state index contributed by atoms with van der Waals surface area (Å²) in [6.45, 7) is 4.35. The Bertz CT molecular complexity index is 1320. The molecule has 1 N–H and O–H groups in total. The highest BCUT2D eigenvalue weighted by atomic mass is 16.3. The summed E-state index contributed by atoms with van der Waals surface area (Å²) in [6.07, 6.45) is 0.861. The molecule has 1 atom stereocenters. The van der Waals surface area contributed by atoms with Gasteiger partial charge in [0.25, 0.3) is 5.56 Å². The molecule has 1 unspecified atom stereocenters. The summed E-state index contributed by atoms with van der Waals surface area (Å²) in [4.78, 5) is 18.2. The fourth-order valence-corrected chi connectivity index (χ4v) is 4.61. The van der Waals surface area contributed by atoms with Crippen LogP contribution in [0.1, 0.15) is 42.6 Å². The summed E-state index contributed by atoms with van der Waals surface area (Å²) in [7, 11) is 0. The molecule has 5 rings (SSSR count). The first kappa shape index (κ1) is 18.8. The van der Waals surface area contributed by atoms with Crippen molar-refractivity contribution in [3.05, 3.63) is 87.7 Å². The number of aromatic nitrogens is 2. The Kier molecular flexibility index (Phi) is 4.52. The molecule has 3 heterocycles. The first-order valence-corrected chi connectivity index (χ1v) is 10.5. The van der Waals surface area contributed by atoms with Crippen molar-refractivity contribution in [3.63, 3.8) is 0 Å². The average molecular weight is 396 g/mol. The number of rotatable bonds is 4. The number of para-hydroxylation sites is 1. The molecule has 150 valence electrons. The number of nitrogens with zero attached hydrogens (tertiary/aromatic N) is 2. The maximum Gasteiger partial charge on any atom is 0.254 e. The number of pyridine rings is 2. The molecular formula is C26H24N2O2. The highest BCUT2D eigenvalue weighted by molar-refractivity contribution is 5.99. The second-order valence-electron chi connectivity index (χ2n) is 8.00. The van der Waals surface area contributed by atoms with E-state index in [0.29, 0.717) is 18.5 Å². The Hall–Kier alpha value is -3.24. The molecule has 4 nitrogen and oxygen atoms in total. The van der Waals surface area contributed by atoms with Crippen molar-refractivity contribution in [3.8, 4) is 22.5 Å². The van der Waals surface area contributed by atoms with Gasteiger partial charge in [0.15, 0.2) is 0 Å². The van der Waals surface area contributed by atoms with E-state index >= 15 is 0 Å². The first-order chi connectivity index (χ1) is 14.6. The third-order valence-electron chi connectivity index (χ3n) is 6.12. The second kappa shape index (κ2) is 7.22. The van der Waals surface area contributed by atoms with Crippen LogP contribution in [0.15, 0.2) is 65.5 Å². The van der Waals surface area contributed by atoms with E-state index in [9.17, 15) is 9.90 Å². The van der Waals surface area contributed by atoms with E-state index in [-0.39, 0.29) is 5.56 Å². The van der Waals surface area contributed by atoms with Crippen molar-refractivity contribution in [2.24, 2.45) is 0 Å². The van der Waals surface area contributed by atoms with Gasteiger partial charge in [-0.15, -0.1) is 0 Å². The molecular weight excluding hydrogens is 372 g/mol.